The number of halogens is 1. The Kier molecular flexibility index (Phi) is 6.61. The van der Waals surface area contributed by atoms with Crippen molar-refractivity contribution in [3.63, 3.8) is 0 Å². The number of carbonyl (C=O) groups is 3. The highest BCUT2D eigenvalue weighted by Crippen LogP contribution is 2.33. The molecule has 0 radical (unpaired) electrons. The van der Waals surface area contributed by atoms with E-state index in [0.717, 1.165) is 26.9 Å². The average Bonchev–Trinajstić information content (AvgIpc) is 2.93. The predicted molar refractivity (Wildman–Crippen MR) is 119 cm³/mol. The highest BCUT2D eigenvalue weighted by atomic mass is 79.9. The third kappa shape index (κ3) is 4.41. The monoisotopic (exact) mass is 471 g/mol. The first-order valence-electron chi connectivity index (χ1n) is 9.98. The molecule has 3 rings (SSSR count). The van der Waals surface area contributed by atoms with E-state index in [1.165, 1.54) is 0 Å². The van der Waals surface area contributed by atoms with Crippen LogP contribution >= 0.6 is 15.9 Å². The summed E-state index contributed by atoms with van der Waals surface area (Å²) < 4.78 is 0.723. The van der Waals surface area contributed by atoms with Gasteiger partial charge in [0.05, 0.1) is 0 Å². The van der Waals surface area contributed by atoms with Crippen molar-refractivity contribution in [2.75, 3.05) is 13.1 Å². The molecule has 0 spiro atoms. The van der Waals surface area contributed by atoms with Crippen LogP contribution < -0.4 is 5.32 Å². The largest absolute Gasteiger partial charge is 0.337 e. The van der Waals surface area contributed by atoms with Gasteiger partial charge in [0.2, 0.25) is 5.91 Å². The Labute approximate surface area is 185 Å². The summed E-state index contributed by atoms with van der Waals surface area (Å²) in [6.45, 7) is 6.38. The van der Waals surface area contributed by atoms with Gasteiger partial charge in [-0.25, -0.2) is 4.79 Å². The standard InChI is InChI=1S/C23H26BrN3O3/c1-4-13-26(14-17-11-9-16(2)10-12-17)20(28)15-27-21(29)23(3,25-22(27)30)18-7-5-6-8-19(18)24/h5-12H,4,13-15H2,1-3H3,(H,25,30). The van der Waals surface area contributed by atoms with Crippen molar-refractivity contribution in [3.05, 3.63) is 69.7 Å². The van der Waals surface area contributed by atoms with Crippen LogP contribution in [0.3, 0.4) is 0 Å². The zero-order valence-electron chi connectivity index (χ0n) is 17.4. The number of hydrogen-bond donors (Lipinski definition) is 1. The molecule has 1 atom stereocenters. The summed E-state index contributed by atoms with van der Waals surface area (Å²) in [6.07, 6.45) is 0.784. The highest BCUT2D eigenvalue weighted by molar-refractivity contribution is 9.10. The molecule has 1 aliphatic heterocycles. The van der Waals surface area contributed by atoms with Gasteiger partial charge in [0.25, 0.3) is 5.91 Å². The van der Waals surface area contributed by atoms with Crippen molar-refractivity contribution >= 4 is 33.8 Å². The maximum atomic E-state index is 13.2. The summed E-state index contributed by atoms with van der Waals surface area (Å²) in [4.78, 5) is 41.5. The molecule has 1 unspecified atom stereocenters. The molecule has 1 saturated heterocycles. The smallest absolute Gasteiger partial charge is 0.325 e. The Balaban J connectivity index is 1.77. The predicted octanol–water partition coefficient (Wildman–Crippen LogP) is 3.96. The second-order valence-corrected chi connectivity index (χ2v) is 8.58. The van der Waals surface area contributed by atoms with Crippen molar-refractivity contribution < 1.29 is 14.4 Å². The topological polar surface area (TPSA) is 69.7 Å². The lowest BCUT2D eigenvalue weighted by Crippen LogP contribution is -2.44. The van der Waals surface area contributed by atoms with E-state index in [4.69, 9.17) is 0 Å². The van der Waals surface area contributed by atoms with Crippen LogP contribution in [-0.2, 0) is 21.7 Å². The number of rotatable bonds is 7. The summed E-state index contributed by atoms with van der Waals surface area (Å²) in [5.74, 6) is -0.683. The van der Waals surface area contributed by atoms with Gasteiger partial charge in [-0.3, -0.25) is 14.5 Å². The number of benzene rings is 2. The number of aryl methyl sites for hydroxylation is 1. The van der Waals surface area contributed by atoms with Crippen molar-refractivity contribution in [2.24, 2.45) is 0 Å². The normalized spacial score (nSPS) is 18.5. The number of hydrogen-bond acceptors (Lipinski definition) is 3. The maximum Gasteiger partial charge on any atom is 0.325 e. The zero-order valence-corrected chi connectivity index (χ0v) is 19.0. The van der Waals surface area contributed by atoms with Crippen LogP contribution in [0.5, 0.6) is 0 Å². The lowest BCUT2D eigenvalue weighted by molar-refractivity contribution is -0.139. The van der Waals surface area contributed by atoms with Crippen LogP contribution in [0.25, 0.3) is 0 Å². The highest BCUT2D eigenvalue weighted by Gasteiger charge is 2.50. The molecule has 30 heavy (non-hydrogen) atoms. The molecule has 158 valence electrons. The molecule has 6 nitrogen and oxygen atoms in total. The van der Waals surface area contributed by atoms with Gasteiger partial charge in [-0.05, 0) is 31.9 Å². The first-order chi connectivity index (χ1) is 14.3. The lowest BCUT2D eigenvalue weighted by atomic mass is 9.92. The summed E-state index contributed by atoms with van der Waals surface area (Å²) in [7, 11) is 0. The lowest BCUT2D eigenvalue weighted by Gasteiger charge is -2.26. The Morgan fingerprint density at radius 1 is 1.13 bits per heavy atom. The summed E-state index contributed by atoms with van der Waals surface area (Å²) >= 11 is 3.45. The van der Waals surface area contributed by atoms with Gasteiger partial charge in [-0.1, -0.05) is 70.9 Å². The minimum absolute atomic E-state index is 0.252. The molecular formula is C23H26BrN3O3. The molecular weight excluding hydrogens is 446 g/mol. The summed E-state index contributed by atoms with van der Waals surface area (Å²) in [5, 5.41) is 2.76. The van der Waals surface area contributed by atoms with E-state index in [-0.39, 0.29) is 12.5 Å². The third-order valence-electron chi connectivity index (χ3n) is 5.32. The Hall–Kier alpha value is -2.67. The Bertz CT molecular complexity index is 960. The molecule has 0 saturated carbocycles. The Morgan fingerprint density at radius 3 is 2.43 bits per heavy atom. The molecule has 0 bridgehead atoms. The van der Waals surface area contributed by atoms with E-state index in [0.29, 0.717) is 18.7 Å². The van der Waals surface area contributed by atoms with Crippen molar-refractivity contribution in [1.82, 2.24) is 15.1 Å². The average molecular weight is 472 g/mol. The van der Waals surface area contributed by atoms with Crippen LogP contribution in [0.1, 0.15) is 37.0 Å². The molecule has 2 aromatic rings. The fraction of sp³-hybridized carbons (Fsp3) is 0.348. The van der Waals surface area contributed by atoms with Crippen LogP contribution in [-0.4, -0.2) is 40.7 Å². The molecule has 7 heteroatoms. The first kappa shape index (κ1) is 22.0. The number of amides is 4. The first-order valence-corrected chi connectivity index (χ1v) is 10.8. The third-order valence-corrected chi connectivity index (χ3v) is 6.01. The van der Waals surface area contributed by atoms with Crippen LogP contribution in [0, 0.1) is 6.92 Å². The fourth-order valence-electron chi connectivity index (χ4n) is 3.60. The quantitative estimate of drug-likeness (QED) is 0.621. The summed E-state index contributed by atoms with van der Waals surface area (Å²) in [5.41, 5.74) is 1.60. The van der Waals surface area contributed by atoms with E-state index in [1.807, 2.05) is 56.3 Å². The number of carbonyl (C=O) groups excluding carboxylic acids is 3. The number of imide groups is 1. The van der Waals surface area contributed by atoms with Crippen LogP contribution in [0.15, 0.2) is 53.0 Å². The SMILES string of the molecule is CCCN(Cc1ccc(C)cc1)C(=O)CN1C(=O)NC(C)(c2ccccc2Br)C1=O. The van der Waals surface area contributed by atoms with E-state index >= 15 is 0 Å². The molecule has 0 aromatic heterocycles. The van der Waals surface area contributed by atoms with E-state index in [2.05, 4.69) is 21.2 Å². The zero-order chi connectivity index (χ0) is 21.9. The van der Waals surface area contributed by atoms with Crippen molar-refractivity contribution in [3.8, 4) is 0 Å². The molecule has 1 heterocycles. The number of urea groups is 1. The number of nitrogens with zero attached hydrogens (tertiary/aromatic N) is 2. The molecule has 1 fully saturated rings. The summed E-state index contributed by atoms with van der Waals surface area (Å²) in [6, 6.07) is 14.7. The fourth-order valence-corrected chi connectivity index (χ4v) is 4.28. The molecule has 4 amide bonds. The Morgan fingerprint density at radius 2 is 1.80 bits per heavy atom. The van der Waals surface area contributed by atoms with Gasteiger partial charge in [0.1, 0.15) is 12.1 Å². The minimum Gasteiger partial charge on any atom is -0.337 e. The van der Waals surface area contributed by atoms with Gasteiger partial charge in [-0.15, -0.1) is 0 Å². The second kappa shape index (κ2) is 9.00. The van der Waals surface area contributed by atoms with Gasteiger partial charge >= 0.3 is 6.03 Å². The minimum atomic E-state index is -1.22. The van der Waals surface area contributed by atoms with Crippen LogP contribution in [0.4, 0.5) is 4.79 Å². The van der Waals surface area contributed by atoms with Crippen molar-refractivity contribution in [1.29, 1.82) is 0 Å². The number of nitrogens with one attached hydrogen (secondary N) is 1. The van der Waals surface area contributed by atoms with Gasteiger partial charge in [0, 0.05) is 23.1 Å². The second-order valence-electron chi connectivity index (χ2n) is 7.73. The van der Waals surface area contributed by atoms with Crippen LogP contribution in [0.2, 0.25) is 0 Å². The van der Waals surface area contributed by atoms with E-state index in [9.17, 15) is 14.4 Å². The molecule has 0 aliphatic carbocycles. The molecule has 1 aliphatic rings. The van der Waals surface area contributed by atoms with Crippen molar-refractivity contribution in [2.45, 2.75) is 39.3 Å². The molecule has 1 N–H and O–H groups in total. The maximum absolute atomic E-state index is 13.2. The van der Waals surface area contributed by atoms with E-state index < -0.39 is 17.5 Å². The van der Waals surface area contributed by atoms with E-state index in [1.54, 1.807) is 17.9 Å². The van der Waals surface area contributed by atoms with Gasteiger partial charge in [0.15, 0.2) is 0 Å². The molecule has 2 aromatic carbocycles. The van der Waals surface area contributed by atoms with Gasteiger partial charge < -0.3 is 10.2 Å². The van der Waals surface area contributed by atoms with Gasteiger partial charge in [-0.2, -0.15) is 0 Å².